The monoisotopic (exact) mass is 1090 g/mol. The van der Waals surface area contributed by atoms with Gasteiger partial charge in [0, 0.05) is 42.8 Å². The van der Waals surface area contributed by atoms with Crippen LogP contribution in [-0.2, 0) is 49.2 Å². The third kappa shape index (κ3) is 13.1. The molecule has 1 aromatic heterocycles. The van der Waals surface area contributed by atoms with Crippen LogP contribution in [0.2, 0.25) is 0 Å². The summed E-state index contributed by atoms with van der Waals surface area (Å²) in [5.41, 5.74) is 0.124. The maximum absolute atomic E-state index is 15.7. The maximum atomic E-state index is 15.7. The molecule has 6 rings (SSSR count). The lowest BCUT2D eigenvalue weighted by Gasteiger charge is -2.41. The quantitative estimate of drug-likeness (QED) is 0.104. The Kier molecular flexibility index (Phi) is 16.3. The molecule has 2 heterocycles. The highest BCUT2D eigenvalue weighted by molar-refractivity contribution is 14.1. The fraction of sp³-hybridized carbons (Fsp3) is 0.413. The number of halogens is 1. The molecule has 1 fully saturated rings. The summed E-state index contributed by atoms with van der Waals surface area (Å²) in [5.74, 6) is 1.61. The van der Waals surface area contributed by atoms with Crippen molar-refractivity contribution in [2.45, 2.75) is 88.2 Å². The van der Waals surface area contributed by atoms with Gasteiger partial charge in [0.2, 0.25) is 25.9 Å². The number of sulfonamides is 2. The summed E-state index contributed by atoms with van der Waals surface area (Å²) in [6, 6.07) is 22.6. The molecule has 0 radical (unpaired) electrons. The van der Waals surface area contributed by atoms with E-state index in [4.69, 9.17) is 23.7 Å². The molecule has 0 bridgehead atoms. The third-order valence-corrected chi connectivity index (χ3v) is 14.8. The third-order valence-electron chi connectivity index (χ3n) is 10.4. The number of tetrazole rings is 1. The minimum absolute atomic E-state index is 0.00258. The molecule has 4 aromatic carbocycles. The SMILES string of the molecule is COc1ccc(CN(Cc2ccc(OC)cc2)S(=O)(=O)c2c(S(=O)(=O)NC[C@@H]3CN(C(=O)OC(C)(C)C)CCN3C(=O)OC(C)(C)C)ccc(I)c2-c2nnn(Cc3ccc(OC)cc3)n2)cc1. The average Bonchev–Trinajstić information content (AvgIpc) is 3.75. The first-order valence-corrected chi connectivity index (χ1v) is 25.5. The van der Waals surface area contributed by atoms with Gasteiger partial charge in [-0.05, 0) is 135 Å². The maximum Gasteiger partial charge on any atom is 0.410 e. The van der Waals surface area contributed by atoms with Crippen LogP contribution in [-0.4, -0.2) is 128 Å². The number of hydrogen-bond donors (Lipinski definition) is 1. The van der Waals surface area contributed by atoms with Crippen molar-refractivity contribution in [1.29, 1.82) is 0 Å². The number of nitrogens with zero attached hydrogens (tertiary/aromatic N) is 7. The highest BCUT2D eigenvalue weighted by atomic mass is 127. The van der Waals surface area contributed by atoms with E-state index >= 15 is 8.42 Å². The number of nitrogens with one attached hydrogen (secondary N) is 1. The number of hydrogen-bond acceptors (Lipinski definition) is 14. The first-order chi connectivity index (χ1) is 32.0. The van der Waals surface area contributed by atoms with Crippen molar-refractivity contribution < 1.29 is 50.1 Å². The van der Waals surface area contributed by atoms with Crippen molar-refractivity contribution in [3.63, 3.8) is 0 Å². The number of benzene rings is 4. The van der Waals surface area contributed by atoms with E-state index in [1.807, 2.05) is 34.7 Å². The number of ether oxygens (including phenoxy) is 5. The summed E-state index contributed by atoms with van der Waals surface area (Å²) in [6.45, 7) is 9.55. The Morgan fingerprint density at radius 3 is 1.72 bits per heavy atom. The molecule has 1 saturated heterocycles. The van der Waals surface area contributed by atoms with E-state index in [0.717, 1.165) is 5.56 Å². The van der Waals surface area contributed by atoms with E-state index < -0.39 is 65.8 Å². The first kappa shape index (κ1) is 51.8. The van der Waals surface area contributed by atoms with Gasteiger partial charge in [-0.3, -0.25) is 0 Å². The summed E-state index contributed by atoms with van der Waals surface area (Å²) in [6.07, 6.45) is -1.37. The summed E-state index contributed by atoms with van der Waals surface area (Å²) >= 11 is 1.93. The summed E-state index contributed by atoms with van der Waals surface area (Å²) in [7, 11) is -5.09. The highest BCUT2D eigenvalue weighted by Gasteiger charge is 2.40. The van der Waals surface area contributed by atoms with Crippen LogP contribution in [0, 0.1) is 3.57 Å². The predicted molar refractivity (Wildman–Crippen MR) is 260 cm³/mol. The predicted octanol–water partition coefficient (Wildman–Crippen LogP) is 6.54. The second kappa shape index (κ2) is 21.4. The molecule has 0 aliphatic carbocycles. The number of methoxy groups -OCH3 is 3. The smallest absolute Gasteiger partial charge is 0.410 e. The molecule has 1 atom stereocenters. The van der Waals surface area contributed by atoms with E-state index in [1.165, 1.54) is 45.3 Å². The molecule has 0 spiro atoms. The lowest BCUT2D eigenvalue weighted by Crippen LogP contribution is -2.60. The number of amides is 2. The number of rotatable bonds is 16. The fourth-order valence-electron chi connectivity index (χ4n) is 7.11. The van der Waals surface area contributed by atoms with Gasteiger partial charge in [-0.2, -0.15) is 9.10 Å². The Hall–Kier alpha value is -5.56. The van der Waals surface area contributed by atoms with Gasteiger partial charge in [-0.15, -0.1) is 10.2 Å². The van der Waals surface area contributed by atoms with Crippen LogP contribution in [0.25, 0.3) is 11.4 Å². The largest absolute Gasteiger partial charge is 0.497 e. The topological polar surface area (TPSA) is 214 Å². The average molecular weight is 1090 g/mol. The van der Waals surface area contributed by atoms with E-state index in [2.05, 4.69) is 20.1 Å². The standard InChI is InChI=1S/C46H57IN8O11S2/c1-45(2,3)65-43(56)52-24-25-54(44(57)66-46(4,5)6)34(30-52)26-48-67(58,59)39-23-22-38(47)40(42-49-51-55(50-42)29-33-14-20-37(64-9)21-15-33)41(39)68(60,61)53(27-31-10-16-35(62-7)17-11-31)28-32-12-18-36(63-8)19-13-32/h10-23,34,48H,24-30H2,1-9H3/t34-/m1/s1. The zero-order valence-corrected chi connectivity index (χ0v) is 43.2. The molecule has 1 aliphatic heterocycles. The number of aromatic nitrogens is 4. The molecule has 19 nitrogen and oxygen atoms in total. The van der Waals surface area contributed by atoms with Crippen LogP contribution in [0.3, 0.4) is 0 Å². The Morgan fingerprint density at radius 2 is 1.22 bits per heavy atom. The van der Waals surface area contributed by atoms with Crippen molar-refractivity contribution in [3.05, 3.63) is 105 Å². The molecule has 1 aliphatic rings. The molecular formula is C46H57IN8O11S2. The Balaban J connectivity index is 1.47. The van der Waals surface area contributed by atoms with E-state index in [1.54, 1.807) is 109 Å². The van der Waals surface area contributed by atoms with Crippen LogP contribution in [0.1, 0.15) is 58.2 Å². The molecular weight excluding hydrogens is 1030 g/mol. The van der Waals surface area contributed by atoms with Crippen LogP contribution in [0.5, 0.6) is 17.2 Å². The van der Waals surface area contributed by atoms with Crippen LogP contribution in [0.4, 0.5) is 9.59 Å². The van der Waals surface area contributed by atoms with Crippen molar-refractivity contribution in [2.24, 2.45) is 0 Å². The molecule has 5 aromatic rings. The number of carbonyl (C=O) groups is 2. The van der Waals surface area contributed by atoms with Gasteiger partial charge in [0.25, 0.3) is 0 Å². The van der Waals surface area contributed by atoms with Gasteiger partial charge in [-0.25, -0.2) is 31.1 Å². The summed E-state index contributed by atoms with van der Waals surface area (Å²) in [4.78, 5) is 29.7. The highest BCUT2D eigenvalue weighted by Crippen LogP contribution is 2.38. The Bertz CT molecular complexity index is 2730. The molecule has 1 N–H and O–H groups in total. The van der Waals surface area contributed by atoms with Crippen LogP contribution in [0.15, 0.2) is 94.7 Å². The number of piperazine rings is 1. The van der Waals surface area contributed by atoms with Gasteiger partial charge in [0.15, 0.2) is 0 Å². The van der Waals surface area contributed by atoms with Crippen molar-refractivity contribution in [3.8, 4) is 28.6 Å². The zero-order valence-electron chi connectivity index (χ0n) is 39.4. The number of carbonyl (C=O) groups excluding carboxylic acids is 2. The molecule has 0 unspecified atom stereocenters. The summed E-state index contributed by atoms with van der Waals surface area (Å²) < 4.78 is 92.8. The first-order valence-electron chi connectivity index (χ1n) is 21.5. The fourth-order valence-corrected chi connectivity index (χ4v) is 11.5. The van der Waals surface area contributed by atoms with Gasteiger partial charge >= 0.3 is 12.2 Å². The molecule has 22 heteroatoms. The molecule has 366 valence electrons. The normalized spacial score (nSPS) is 14.7. The minimum Gasteiger partial charge on any atom is -0.497 e. The second-order valence-corrected chi connectivity index (χ2v) is 22.6. The van der Waals surface area contributed by atoms with Crippen LogP contribution < -0.4 is 18.9 Å². The minimum atomic E-state index is -4.86. The van der Waals surface area contributed by atoms with E-state index in [-0.39, 0.29) is 50.7 Å². The van der Waals surface area contributed by atoms with Gasteiger partial charge in [0.05, 0.1) is 39.5 Å². The summed E-state index contributed by atoms with van der Waals surface area (Å²) in [5, 5.41) is 13.1. The lowest BCUT2D eigenvalue weighted by molar-refractivity contribution is -0.0139. The molecule has 2 amide bonds. The molecule has 68 heavy (non-hydrogen) atoms. The van der Waals surface area contributed by atoms with Gasteiger partial charge in [-0.1, -0.05) is 36.4 Å². The van der Waals surface area contributed by atoms with E-state index in [9.17, 15) is 18.0 Å². The lowest BCUT2D eigenvalue weighted by atomic mass is 10.1. The van der Waals surface area contributed by atoms with Crippen molar-refractivity contribution in [1.82, 2.24) is 39.0 Å². The Labute approximate surface area is 411 Å². The second-order valence-electron chi connectivity index (χ2n) is 17.8. The van der Waals surface area contributed by atoms with Crippen molar-refractivity contribution >= 4 is 54.8 Å². The van der Waals surface area contributed by atoms with Gasteiger partial charge in [0.1, 0.15) is 38.2 Å². The zero-order chi connectivity index (χ0) is 49.6. The molecule has 0 saturated carbocycles. The van der Waals surface area contributed by atoms with E-state index in [0.29, 0.717) is 31.9 Å². The van der Waals surface area contributed by atoms with Crippen molar-refractivity contribution in [2.75, 3.05) is 47.5 Å². The Morgan fingerprint density at radius 1 is 0.721 bits per heavy atom. The van der Waals surface area contributed by atoms with Gasteiger partial charge < -0.3 is 33.5 Å². The van der Waals surface area contributed by atoms with Crippen LogP contribution >= 0.6 is 22.6 Å².